The Hall–Kier alpha value is -0.570. The van der Waals surface area contributed by atoms with Crippen LogP contribution >= 0.6 is 0 Å². The predicted molar refractivity (Wildman–Crippen MR) is 48.7 cm³/mol. The van der Waals surface area contributed by atoms with Crippen molar-refractivity contribution in [3.05, 3.63) is 0 Å². The molecule has 0 aromatic rings. The maximum absolute atomic E-state index is 11.2. The number of carbonyl (C=O) groups excluding carboxylic acids is 1. The second-order valence-corrected chi connectivity index (χ2v) is 3.71. The molecule has 3 nitrogen and oxygen atoms in total. The van der Waals surface area contributed by atoms with Crippen molar-refractivity contribution in [3.8, 4) is 0 Å². The van der Waals surface area contributed by atoms with Gasteiger partial charge in [0.2, 0.25) is 5.91 Å². The van der Waals surface area contributed by atoms with Gasteiger partial charge in [-0.15, -0.1) is 0 Å². The molecule has 0 heterocycles. The van der Waals surface area contributed by atoms with E-state index in [-0.39, 0.29) is 11.9 Å². The zero-order valence-electron chi connectivity index (χ0n) is 7.68. The van der Waals surface area contributed by atoms with E-state index in [0.29, 0.717) is 12.5 Å². The van der Waals surface area contributed by atoms with E-state index in [1.807, 2.05) is 6.92 Å². The van der Waals surface area contributed by atoms with Gasteiger partial charge >= 0.3 is 0 Å². The van der Waals surface area contributed by atoms with Gasteiger partial charge in [0.15, 0.2) is 0 Å². The zero-order valence-corrected chi connectivity index (χ0v) is 7.68. The number of hydrogen-bond acceptors (Lipinski definition) is 2. The molecule has 0 aliphatic heterocycles. The lowest BCUT2D eigenvalue weighted by Crippen LogP contribution is -2.39. The van der Waals surface area contributed by atoms with Gasteiger partial charge in [-0.1, -0.05) is 0 Å². The molecule has 1 saturated carbocycles. The molecule has 1 rings (SSSR count). The van der Waals surface area contributed by atoms with Crippen molar-refractivity contribution in [1.82, 2.24) is 5.32 Å². The van der Waals surface area contributed by atoms with Crippen molar-refractivity contribution in [2.75, 3.05) is 0 Å². The van der Waals surface area contributed by atoms with Crippen LogP contribution in [0.2, 0.25) is 0 Å². The summed E-state index contributed by atoms with van der Waals surface area (Å²) in [5, 5.41) is 2.98. The molecule has 1 fully saturated rings. The first-order valence-electron chi connectivity index (χ1n) is 4.73. The molecule has 1 atom stereocenters. The Balaban J connectivity index is 2.03. The fourth-order valence-electron chi connectivity index (χ4n) is 1.21. The van der Waals surface area contributed by atoms with Crippen molar-refractivity contribution < 1.29 is 4.79 Å². The molecule has 0 saturated heterocycles. The lowest BCUT2D eigenvalue weighted by atomic mass is 9.93. The van der Waals surface area contributed by atoms with E-state index in [4.69, 9.17) is 5.73 Å². The summed E-state index contributed by atoms with van der Waals surface area (Å²) < 4.78 is 0. The Morgan fingerprint density at radius 3 is 2.75 bits per heavy atom. The van der Waals surface area contributed by atoms with Crippen LogP contribution in [0.25, 0.3) is 0 Å². The molecule has 1 unspecified atom stereocenters. The van der Waals surface area contributed by atoms with Gasteiger partial charge in [0.25, 0.3) is 0 Å². The number of rotatable bonds is 4. The molecule has 0 aromatic heterocycles. The first-order valence-corrected chi connectivity index (χ1v) is 4.73. The van der Waals surface area contributed by atoms with Crippen LogP contribution in [-0.2, 0) is 4.79 Å². The van der Waals surface area contributed by atoms with Crippen LogP contribution in [0.4, 0.5) is 0 Å². The van der Waals surface area contributed by atoms with Crippen LogP contribution < -0.4 is 11.1 Å². The Morgan fingerprint density at radius 1 is 1.67 bits per heavy atom. The lowest BCUT2D eigenvalue weighted by molar-refractivity contribution is -0.122. The van der Waals surface area contributed by atoms with E-state index in [1.165, 1.54) is 6.42 Å². The number of hydrogen-bond donors (Lipinski definition) is 2. The molecule has 0 aromatic carbocycles. The Kier molecular flexibility index (Phi) is 3.53. The fourth-order valence-corrected chi connectivity index (χ4v) is 1.21. The summed E-state index contributed by atoms with van der Waals surface area (Å²) in [5.74, 6) is 0.164. The number of nitrogens with one attached hydrogen (secondary N) is 1. The summed E-state index contributed by atoms with van der Waals surface area (Å²) in [7, 11) is 0. The molecule has 0 spiro atoms. The Bertz CT molecular complexity index is 153. The Labute approximate surface area is 73.7 Å². The summed E-state index contributed by atoms with van der Waals surface area (Å²) in [6, 6.07) is 0.600. The molecule has 0 radical (unpaired) electrons. The Morgan fingerprint density at radius 2 is 2.33 bits per heavy atom. The minimum atomic E-state index is 0.136. The van der Waals surface area contributed by atoms with Gasteiger partial charge in [-0.3, -0.25) is 4.79 Å². The number of carbonyl (C=O) groups is 1. The molecule has 0 bridgehead atoms. The fraction of sp³-hybridized carbons (Fsp3) is 0.889. The summed E-state index contributed by atoms with van der Waals surface area (Å²) in [6.45, 7) is 1.93. The predicted octanol–water partition coefficient (Wildman–Crippen LogP) is 0.782. The maximum Gasteiger partial charge on any atom is 0.220 e. The van der Waals surface area contributed by atoms with Crippen molar-refractivity contribution >= 4 is 5.91 Å². The minimum absolute atomic E-state index is 0.136. The van der Waals surface area contributed by atoms with Crippen LogP contribution in [-0.4, -0.2) is 18.0 Å². The monoisotopic (exact) mass is 170 g/mol. The molecule has 1 aliphatic carbocycles. The average molecular weight is 170 g/mol. The second-order valence-electron chi connectivity index (χ2n) is 3.71. The minimum Gasteiger partial charge on any atom is -0.353 e. The molecular weight excluding hydrogens is 152 g/mol. The highest BCUT2D eigenvalue weighted by Crippen LogP contribution is 2.18. The van der Waals surface area contributed by atoms with Crippen LogP contribution in [0.5, 0.6) is 0 Å². The van der Waals surface area contributed by atoms with Gasteiger partial charge in [0.1, 0.15) is 0 Å². The topological polar surface area (TPSA) is 55.1 Å². The largest absolute Gasteiger partial charge is 0.353 e. The molecule has 3 heteroatoms. The van der Waals surface area contributed by atoms with Gasteiger partial charge in [-0.2, -0.15) is 0 Å². The summed E-state index contributed by atoms with van der Waals surface area (Å²) >= 11 is 0. The summed E-state index contributed by atoms with van der Waals surface area (Å²) in [6.07, 6.45) is 4.94. The first-order chi connectivity index (χ1) is 5.68. The molecule has 1 aliphatic rings. The van der Waals surface area contributed by atoms with Crippen molar-refractivity contribution in [2.45, 2.75) is 51.1 Å². The van der Waals surface area contributed by atoms with Gasteiger partial charge in [0, 0.05) is 18.5 Å². The number of nitrogens with two attached hydrogens (primary N) is 1. The van der Waals surface area contributed by atoms with E-state index in [9.17, 15) is 4.79 Å². The number of amides is 1. The third kappa shape index (κ3) is 3.22. The van der Waals surface area contributed by atoms with Gasteiger partial charge < -0.3 is 11.1 Å². The van der Waals surface area contributed by atoms with Crippen LogP contribution in [0.1, 0.15) is 39.0 Å². The van der Waals surface area contributed by atoms with E-state index in [1.54, 1.807) is 0 Å². The van der Waals surface area contributed by atoms with E-state index >= 15 is 0 Å². The van der Waals surface area contributed by atoms with E-state index in [2.05, 4.69) is 5.32 Å². The average Bonchev–Trinajstić information content (AvgIpc) is 1.93. The first kappa shape index (κ1) is 9.52. The van der Waals surface area contributed by atoms with Crippen LogP contribution in [0.3, 0.4) is 0 Å². The molecule has 1 amide bonds. The normalized spacial score (nSPS) is 19.8. The molecular formula is C9H18N2O. The highest BCUT2D eigenvalue weighted by atomic mass is 16.1. The van der Waals surface area contributed by atoms with Gasteiger partial charge in [-0.05, 0) is 32.6 Å². The van der Waals surface area contributed by atoms with E-state index in [0.717, 1.165) is 19.3 Å². The van der Waals surface area contributed by atoms with Crippen molar-refractivity contribution in [3.63, 3.8) is 0 Å². The maximum atomic E-state index is 11.2. The van der Waals surface area contributed by atoms with Gasteiger partial charge in [-0.25, -0.2) is 0 Å². The van der Waals surface area contributed by atoms with Gasteiger partial charge in [0.05, 0.1) is 0 Å². The van der Waals surface area contributed by atoms with E-state index < -0.39 is 0 Å². The van der Waals surface area contributed by atoms with Crippen molar-refractivity contribution in [2.24, 2.45) is 5.73 Å². The third-order valence-electron chi connectivity index (χ3n) is 2.30. The highest BCUT2D eigenvalue weighted by Gasteiger charge is 2.18. The highest BCUT2D eigenvalue weighted by molar-refractivity contribution is 5.76. The summed E-state index contributed by atoms with van der Waals surface area (Å²) in [5.41, 5.74) is 5.54. The SMILES string of the molecule is CC(N)CCC(=O)NC1CCC1. The molecule has 12 heavy (non-hydrogen) atoms. The zero-order chi connectivity index (χ0) is 8.97. The third-order valence-corrected chi connectivity index (χ3v) is 2.30. The standard InChI is InChI=1S/C9H18N2O/c1-7(10)5-6-9(12)11-8-3-2-4-8/h7-8H,2-6,10H2,1H3,(H,11,12). The quantitative estimate of drug-likeness (QED) is 0.655. The van der Waals surface area contributed by atoms with Crippen LogP contribution in [0, 0.1) is 0 Å². The second kappa shape index (κ2) is 4.45. The van der Waals surface area contributed by atoms with Crippen molar-refractivity contribution in [1.29, 1.82) is 0 Å². The van der Waals surface area contributed by atoms with Crippen LogP contribution in [0.15, 0.2) is 0 Å². The smallest absolute Gasteiger partial charge is 0.220 e. The lowest BCUT2D eigenvalue weighted by Gasteiger charge is -2.26. The molecule has 3 N–H and O–H groups in total. The molecule has 70 valence electrons. The summed E-state index contributed by atoms with van der Waals surface area (Å²) in [4.78, 5) is 11.2.